The number of para-hydroxylation sites is 1. The zero-order valence-corrected chi connectivity index (χ0v) is 11.4. The van der Waals surface area contributed by atoms with Crippen LogP contribution in [0.5, 0.6) is 0 Å². The van der Waals surface area contributed by atoms with Crippen LogP contribution in [0, 0.1) is 5.92 Å². The number of benzene rings is 1. The summed E-state index contributed by atoms with van der Waals surface area (Å²) >= 11 is 1.56. The molecule has 0 atom stereocenters. The van der Waals surface area contributed by atoms with Crippen molar-refractivity contribution in [1.82, 2.24) is 10.3 Å². The van der Waals surface area contributed by atoms with Gasteiger partial charge in [-0.15, -0.1) is 0 Å². The van der Waals surface area contributed by atoms with E-state index in [2.05, 4.69) is 29.5 Å². The Bertz CT molecular complexity index is 503. The number of rotatable bonds is 5. The first-order valence-corrected chi connectivity index (χ1v) is 6.83. The van der Waals surface area contributed by atoms with E-state index in [-0.39, 0.29) is 12.5 Å². The van der Waals surface area contributed by atoms with Crippen LogP contribution in [0.1, 0.15) is 13.8 Å². The zero-order valence-electron chi connectivity index (χ0n) is 10.6. The number of aromatic nitrogens is 1. The van der Waals surface area contributed by atoms with Crippen LogP contribution in [-0.2, 0) is 4.79 Å². The van der Waals surface area contributed by atoms with Gasteiger partial charge in [-0.1, -0.05) is 37.3 Å². The fourth-order valence-corrected chi connectivity index (χ4v) is 2.35. The van der Waals surface area contributed by atoms with Crippen LogP contribution in [0.3, 0.4) is 0 Å². The van der Waals surface area contributed by atoms with E-state index < -0.39 is 0 Å². The van der Waals surface area contributed by atoms with E-state index in [0.29, 0.717) is 12.5 Å². The van der Waals surface area contributed by atoms with Crippen molar-refractivity contribution in [2.24, 2.45) is 5.92 Å². The predicted octanol–water partition coefficient (Wildman–Crippen LogP) is 2.48. The first-order chi connectivity index (χ1) is 8.65. The first-order valence-electron chi connectivity index (χ1n) is 6.01. The lowest BCUT2D eigenvalue weighted by molar-refractivity contribution is -0.119. The second-order valence-electron chi connectivity index (χ2n) is 4.54. The van der Waals surface area contributed by atoms with Gasteiger partial charge in [0.25, 0.3) is 0 Å². The van der Waals surface area contributed by atoms with E-state index in [1.54, 1.807) is 11.3 Å². The van der Waals surface area contributed by atoms with Crippen LogP contribution in [0.25, 0.3) is 10.2 Å². The summed E-state index contributed by atoms with van der Waals surface area (Å²) in [5.41, 5.74) is 0.965. The Labute approximate surface area is 110 Å². The van der Waals surface area contributed by atoms with Crippen molar-refractivity contribution in [1.29, 1.82) is 0 Å². The summed E-state index contributed by atoms with van der Waals surface area (Å²) in [6.07, 6.45) is 0. The molecule has 1 aromatic carbocycles. The third-order valence-electron chi connectivity index (χ3n) is 2.40. The van der Waals surface area contributed by atoms with Gasteiger partial charge in [-0.05, 0) is 18.1 Å². The molecule has 96 valence electrons. The number of amides is 1. The van der Waals surface area contributed by atoms with Gasteiger partial charge in [0.05, 0.1) is 16.8 Å². The Hall–Kier alpha value is -1.62. The van der Waals surface area contributed by atoms with Crippen molar-refractivity contribution in [3.8, 4) is 0 Å². The van der Waals surface area contributed by atoms with Crippen LogP contribution in [0.4, 0.5) is 5.13 Å². The van der Waals surface area contributed by atoms with Crippen molar-refractivity contribution in [2.75, 3.05) is 18.4 Å². The molecular formula is C13H17N3OS. The van der Waals surface area contributed by atoms with Crippen molar-refractivity contribution in [3.63, 3.8) is 0 Å². The minimum atomic E-state index is 0.00274. The monoisotopic (exact) mass is 263 g/mol. The molecule has 0 spiro atoms. The average molecular weight is 263 g/mol. The number of nitrogens with one attached hydrogen (secondary N) is 2. The van der Waals surface area contributed by atoms with E-state index in [4.69, 9.17) is 0 Å². The number of fused-ring (bicyclic) bond motifs is 1. The molecule has 1 amide bonds. The standard InChI is InChI=1S/C13H17N3OS/c1-9(2)7-14-12(17)8-15-13-16-10-5-3-4-6-11(10)18-13/h3-6,9H,7-8H2,1-2H3,(H,14,17)(H,15,16). The van der Waals surface area contributed by atoms with Gasteiger partial charge >= 0.3 is 0 Å². The molecule has 2 rings (SSSR count). The highest BCUT2D eigenvalue weighted by Crippen LogP contribution is 2.24. The highest BCUT2D eigenvalue weighted by Gasteiger charge is 2.05. The highest BCUT2D eigenvalue weighted by atomic mass is 32.1. The molecule has 0 aliphatic heterocycles. The van der Waals surface area contributed by atoms with Crippen molar-refractivity contribution < 1.29 is 4.79 Å². The second kappa shape index (κ2) is 5.82. The molecule has 2 aromatic rings. The molecule has 0 unspecified atom stereocenters. The molecule has 0 saturated heterocycles. The maximum absolute atomic E-state index is 11.5. The van der Waals surface area contributed by atoms with Gasteiger partial charge in [0, 0.05) is 6.54 Å². The van der Waals surface area contributed by atoms with Crippen LogP contribution in [0.15, 0.2) is 24.3 Å². The summed E-state index contributed by atoms with van der Waals surface area (Å²) in [7, 11) is 0. The number of hydrogen-bond acceptors (Lipinski definition) is 4. The number of anilines is 1. The number of carbonyl (C=O) groups excluding carboxylic acids is 1. The summed E-state index contributed by atoms with van der Waals surface area (Å²) in [5.74, 6) is 0.472. The molecule has 0 fully saturated rings. The largest absolute Gasteiger partial charge is 0.354 e. The molecule has 0 bridgehead atoms. The minimum Gasteiger partial charge on any atom is -0.354 e. The molecule has 1 heterocycles. The quantitative estimate of drug-likeness (QED) is 0.871. The van der Waals surface area contributed by atoms with Crippen molar-refractivity contribution >= 4 is 32.6 Å². The van der Waals surface area contributed by atoms with Gasteiger partial charge in [-0.2, -0.15) is 0 Å². The molecule has 0 aliphatic carbocycles. The summed E-state index contributed by atoms with van der Waals surface area (Å²) in [4.78, 5) is 15.9. The Morgan fingerprint density at radius 1 is 1.39 bits per heavy atom. The van der Waals surface area contributed by atoms with E-state index >= 15 is 0 Å². The molecule has 0 aliphatic rings. The van der Waals surface area contributed by atoms with E-state index in [1.807, 2.05) is 24.3 Å². The Morgan fingerprint density at radius 2 is 2.17 bits per heavy atom. The van der Waals surface area contributed by atoms with E-state index in [0.717, 1.165) is 15.3 Å². The van der Waals surface area contributed by atoms with Crippen LogP contribution >= 0.6 is 11.3 Å². The normalized spacial score (nSPS) is 10.8. The number of hydrogen-bond donors (Lipinski definition) is 2. The van der Waals surface area contributed by atoms with Gasteiger partial charge in [-0.3, -0.25) is 4.79 Å². The van der Waals surface area contributed by atoms with E-state index in [1.165, 1.54) is 0 Å². The van der Waals surface area contributed by atoms with Crippen LogP contribution in [-0.4, -0.2) is 24.0 Å². The summed E-state index contributed by atoms with van der Waals surface area (Å²) in [6, 6.07) is 7.94. The number of carbonyl (C=O) groups is 1. The maximum atomic E-state index is 11.5. The van der Waals surface area contributed by atoms with Gasteiger partial charge in [0.2, 0.25) is 5.91 Å². The van der Waals surface area contributed by atoms with Crippen molar-refractivity contribution in [2.45, 2.75) is 13.8 Å². The third-order valence-corrected chi connectivity index (χ3v) is 3.40. The second-order valence-corrected chi connectivity index (χ2v) is 5.57. The topological polar surface area (TPSA) is 54.0 Å². The third kappa shape index (κ3) is 3.43. The Kier molecular flexibility index (Phi) is 4.15. The van der Waals surface area contributed by atoms with Gasteiger partial charge < -0.3 is 10.6 Å². The number of nitrogens with zero attached hydrogens (tertiary/aromatic N) is 1. The maximum Gasteiger partial charge on any atom is 0.239 e. The van der Waals surface area contributed by atoms with Gasteiger partial charge in [0.1, 0.15) is 0 Å². The summed E-state index contributed by atoms with van der Waals surface area (Å²) in [6.45, 7) is 5.12. The molecule has 0 saturated carbocycles. The van der Waals surface area contributed by atoms with E-state index in [9.17, 15) is 4.79 Å². The molecule has 18 heavy (non-hydrogen) atoms. The average Bonchev–Trinajstić information content (AvgIpc) is 2.76. The lowest BCUT2D eigenvalue weighted by Gasteiger charge is -2.07. The lowest BCUT2D eigenvalue weighted by Crippen LogP contribution is -2.32. The van der Waals surface area contributed by atoms with Crippen molar-refractivity contribution in [3.05, 3.63) is 24.3 Å². The predicted molar refractivity (Wildman–Crippen MR) is 76.0 cm³/mol. The van der Waals surface area contributed by atoms with Gasteiger partial charge in [-0.25, -0.2) is 4.98 Å². The molecule has 1 aromatic heterocycles. The zero-order chi connectivity index (χ0) is 13.0. The molecule has 4 nitrogen and oxygen atoms in total. The highest BCUT2D eigenvalue weighted by molar-refractivity contribution is 7.22. The summed E-state index contributed by atoms with van der Waals surface area (Å²) in [5, 5.41) is 6.70. The fraction of sp³-hybridized carbons (Fsp3) is 0.385. The first kappa shape index (κ1) is 12.8. The van der Waals surface area contributed by atoms with Gasteiger partial charge in [0.15, 0.2) is 5.13 Å². The Balaban J connectivity index is 1.88. The van der Waals surface area contributed by atoms with Crippen LogP contribution in [0.2, 0.25) is 0 Å². The molecular weight excluding hydrogens is 246 g/mol. The molecule has 2 N–H and O–H groups in total. The number of thiazole rings is 1. The molecule has 0 radical (unpaired) electrons. The summed E-state index contributed by atoms with van der Waals surface area (Å²) < 4.78 is 1.13. The SMILES string of the molecule is CC(C)CNC(=O)CNc1nc2ccccc2s1. The van der Waals surface area contributed by atoms with Crippen LogP contribution < -0.4 is 10.6 Å². The molecule has 5 heteroatoms. The smallest absolute Gasteiger partial charge is 0.239 e. The fourth-order valence-electron chi connectivity index (χ4n) is 1.48. The lowest BCUT2D eigenvalue weighted by atomic mass is 10.2. The Morgan fingerprint density at radius 3 is 2.89 bits per heavy atom. The minimum absolute atomic E-state index is 0.00274.